The molecule has 0 N–H and O–H groups in total. The monoisotopic (exact) mass is 272 g/mol. The van der Waals surface area contributed by atoms with E-state index in [2.05, 4.69) is 73.7 Å². The first-order valence-electron chi connectivity index (χ1n) is 7.64. The Labute approximate surface area is 126 Å². The summed E-state index contributed by atoms with van der Waals surface area (Å²) >= 11 is 0. The van der Waals surface area contributed by atoms with Crippen molar-refractivity contribution in [3.8, 4) is 0 Å². The van der Waals surface area contributed by atoms with E-state index in [-0.39, 0.29) is 0 Å². The highest BCUT2D eigenvalue weighted by Crippen LogP contribution is 2.33. The molecular formula is C21H20. The van der Waals surface area contributed by atoms with Gasteiger partial charge in [0.05, 0.1) is 0 Å². The van der Waals surface area contributed by atoms with E-state index in [9.17, 15) is 0 Å². The van der Waals surface area contributed by atoms with E-state index in [1.807, 2.05) is 13.8 Å². The van der Waals surface area contributed by atoms with E-state index in [0.717, 1.165) is 0 Å². The standard InChI is InChI=1S/C19H14.C2H6/c1-13-17-8-4-3-7-15(17)12-16-11-10-14-6-2-5-9-18(14)19(13)16;1-2/h2-12H,1H3;1-2H3. The summed E-state index contributed by atoms with van der Waals surface area (Å²) in [6.45, 7) is 6.23. The summed E-state index contributed by atoms with van der Waals surface area (Å²) in [5, 5.41) is 8.05. The van der Waals surface area contributed by atoms with E-state index in [4.69, 9.17) is 0 Å². The highest BCUT2D eigenvalue weighted by molar-refractivity contribution is 6.14. The molecule has 21 heavy (non-hydrogen) atoms. The minimum absolute atomic E-state index is 1.31. The Bertz CT molecular complexity index is 917. The molecule has 0 fully saturated rings. The van der Waals surface area contributed by atoms with E-state index in [1.165, 1.54) is 37.9 Å². The fraction of sp³-hybridized carbons (Fsp3) is 0.143. The van der Waals surface area contributed by atoms with Crippen LogP contribution in [0.25, 0.3) is 32.3 Å². The third-order valence-corrected chi connectivity index (χ3v) is 4.01. The molecule has 0 nitrogen and oxygen atoms in total. The maximum Gasteiger partial charge on any atom is -0.00697 e. The van der Waals surface area contributed by atoms with Crippen molar-refractivity contribution in [1.82, 2.24) is 0 Å². The lowest BCUT2D eigenvalue weighted by atomic mass is 9.94. The van der Waals surface area contributed by atoms with Crippen molar-refractivity contribution in [2.75, 3.05) is 0 Å². The molecule has 0 radical (unpaired) electrons. The van der Waals surface area contributed by atoms with Crippen molar-refractivity contribution in [3.05, 3.63) is 72.3 Å². The normalized spacial score (nSPS) is 10.6. The van der Waals surface area contributed by atoms with Gasteiger partial charge in [0, 0.05) is 0 Å². The fourth-order valence-electron chi connectivity index (χ4n) is 3.09. The SMILES string of the molecule is CC.Cc1c2ccccc2cc2ccc3ccccc3c12. The van der Waals surface area contributed by atoms with Gasteiger partial charge in [0.25, 0.3) is 0 Å². The molecule has 4 aromatic carbocycles. The summed E-state index contributed by atoms with van der Waals surface area (Å²) in [4.78, 5) is 0. The van der Waals surface area contributed by atoms with Crippen LogP contribution in [0.3, 0.4) is 0 Å². The van der Waals surface area contributed by atoms with Crippen LogP contribution in [0.4, 0.5) is 0 Å². The Morgan fingerprint density at radius 1 is 0.571 bits per heavy atom. The molecule has 0 aliphatic heterocycles. The van der Waals surface area contributed by atoms with Gasteiger partial charge in [0.1, 0.15) is 0 Å². The summed E-state index contributed by atoms with van der Waals surface area (Å²) in [5.74, 6) is 0. The molecule has 0 amide bonds. The van der Waals surface area contributed by atoms with Crippen LogP contribution >= 0.6 is 0 Å². The van der Waals surface area contributed by atoms with Gasteiger partial charge in [-0.15, -0.1) is 0 Å². The van der Waals surface area contributed by atoms with Gasteiger partial charge in [-0.05, 0) is 50.9 Å². The van der Waals surface area contributed by atoms with Crippen molar-refractivity contribution in [2.24, 2.45) is 0 Å². The Hall–Kier alpha value is -2.34. The molecule has 0 saturated carbocycles. The van der Waals surface area contributed by atoms with Gasteiger partial charge in [-0.25, -0.2) is 0 Å². The summed E-state index contributed by atoms with van der Waals surface area (Å²) in [6.07, 6.45) is 0. The molecule has 0 saturated heterocycles. The maximum absolute atomic E-state index is 2.30. The molecule has 0 bridgehead atoms. The molecule has 0 aliphatic carbocycles. The molecule has 0 spiro atoms. The number of hydrogen-bond donors (Lipinski definition) is 0. The van der Waals surface area contributed by atoms with Crippen LogP contribution in [0.2, 0.25) is 0 Å². The van der Waals surface area contributed by atoms with Gasteiger partial charge in [-0.1, -0.05) is 74.5 Å². The number of rotatable bonds is 0. The molecule has 4 aromatic rings. The smallest absolute Gasteiger partial charge is 0.00697 e. The van der Waals surface area contributed by atoms with Crippen LogP contribution in [0.1, 0.15) is 19.4 Å². The first-order chi connectivity index (χ1) is 10.3. The lowest BCUT2D eigenvalue weighted by Crippen LogP contribution is -1.84. The second-order valence-corrected chi connectivity index (χ2v) is 5.11. The van der Waals surface area contributed by atoms with Gasteiger partial charge in [-0.3, -0.25) is 0 Å². The average Bonchev–Trinajstić information content (AvgIpc) is 2.56. The number of benzene rings is 4. The van der Waals surface area contributed by atoms with Crippen molar-refractivity contribution < 1.29 is 0 Å². The number of aryl methyl sites for hydroxylation is 1. The fourth-order valence-corrected chi connectivity index (χ4v) is 3.09. The van der Waals surface area contributed by atoms with Crippen molar-refractivity contribution in [1.29, 1.82) is 0 Å². The van der Waals surface area contributed by atoms with Crippen LogP contribution in [0, 0.1) is 6.92 Å². The van der Waals surface area contributed by atoms with Gasteiger partial charge < -0.3 is 0 Å². The summed E-state index contributed by atoms with van der Waals surface area (Å²) < 4.78 is 0. The van der Waals surface area contributed by atoms with Gasteiger partial charge in [0.15, 0.2) is 0 Å². The van der Waals surface area contributed by atoms with Gasteiger partial charge in [-0.2, -0.15) is 0 Å². The van der Waals surface area contributed by atoms with Crippen LogP contribution in [-0.4, -0.2) is 0 Å². The number of fused-ring (bicyclic) bond motifs is 4. The molecule has 104 valence electrons. The lowest BCUT2D eigenvalue weighted by molar-refractivity contribution is 1.50. The number of hydrogen-bond acceptors (Lipinski definition) is 0. The molecule has 0 aromatic heterocycles. The van der Waals surface area contributed by atoms with Crippen molar-refractivity contribution in [2.45, 2.75) is 20.8 Å². The topological polar surface area (TPSA) is 0 Å². The van der Waals surface area contributed by atoms with E-state index in [1.54, 1.807) is 0 Å². The Balaban J connectivity index is 0.000000636. The predicted octanol–water partition coefficient (Wildman–Crippen LogP) is 6.48. The zero-order chi connectivity index (χ0) is 14.8. The van der Waals surface area contributed by atoms with E-state index in [0.29, 0.717) is 0 Å². The molecule has 0 unspecified atom stereocenters. The molecular weight excluding hydrogens is 252 g/mol. The largest absolute Gasteiger partial charge is 0.0683 e. The first kappa shape index (κ1) is 13.6. The Morgan fingerprint density at radius 3 is 1.90 bits per heavy atom. The summed E-state index contributed by atoms with van der Waals surface area (Å²) in [5.41, 5.74) is 1.38. The van der Waals surface area contributed by atoms with Crippen LogP contribution in [0.5, 0.6) is 0 Å². The predicted molar refractivity (Wildman–Crippen MR) is 95.0 cm³/mol. The first-order valence-corrected chi connectivity index (χ1v) is 7.64. The Morgan fingerprint density at radius 2 is 1.14 bits per heavy atom. The van der Waals surface area contributed by atoms with Crippen LogP contribution < -0.4 is 0 Å². The minimum atomic E-state index is 1.31. The second kappa shape index (κ2) is 5.57. The third kappa shape index (κ3) is 2.17. The third-order valence-electron chi connectivity index (χ3n) is 4.01. The van der Waals surface area contributed by atoms with Gasteiger partial charge >= 0.3 is 0 Å². The molecule has 0 atom stereocenters. The quantitative estimate of drug-likeness (QED) is 0.254. The zero-order valence-corrected chi connectivity index (χ0v) is 12.9. The van der Waals surface area contributed by atoms with Crippen molar-refractivity contribution in [3.63, 3.8) is 0 Å². The molecule has 0 heteroatoms. The summed E-state index contributed by atoms with van der Waals surface area (Å²) in [6, 6.07) is 24.0. The zero-order valence-electron chi connectivity index (χ0n) is 12.9. The van der Waals surface area contributed by atoms with E-state index >= 15 is 0 Å². The van der Waals surface area contributed by atoms with Crippen molar-refractivity contribution >= 4 is 32.3 Å². The van der Waals surface area contributed by atoms with Gasteiger partial charge in [0.2, 0.25) is 0 Å². The van der Waals surface area contributed by atoms with E-state index < -0.39 is 0 Å². The summed E-state index contributed by atoms with van der Waals surface area (Å²) in [7, 11) is 0. The maximum atomic E-state index is 2.30. The molecule has 4 rings (SSSR count). The molecule has 0 heterocycles. The lowest BCUT2D eigenvalue weighted by Gasteiger charge is -2.10. The highest BCUT2D eigenvalue weighted by Gasteiger charge is 2.06. The highest BCUT2D eigenvalue weighted by atomic mass is 14.1. The molecule has 0 aliphatic rings. The van der Waals surface area contributed by atoms with Crippen LogP contribution in [0.15, 0.2) is 66.7 Å². The minimum Gasteiger partial charge on any atom is -0.0683 e. The Kier molecular flexibility index (Phi) is 3.62. The van der Waals surface area contributed by atoms with Crippen LogP contribution in [-0.2, 0) is 0 Å². The average molecular weight is 272 g/mol. The second-order valence-electron chi connectivity index (χ2n) is 5.11.